The third-order valence-electron chi connectivity index (χ3n) is 2.99. The Morgan fingerprint density at radius 2 is 1.84 bits per heavy atom. The number of para-hydroxylation sites is 2. The minimum Gasteiger partial charge on any atom is -0.361 e. The molecule has 0 amide bonds. The van der Waals surface area contributed by atoms with Gasteiger partial charge >= 0.3 is 0 Å². The van der Waals surface area contributed by atoms with E-state index in [1.165, 1.54) is 0 Å². The van der Waals surface area contributed by atoms with Crippen LogP contribution in [0.4, 0.5) is 5.69 Å². The monoisotopic (exact) mass is 245 g/mol. The van der Waals surface area contributed by atoms with Gasteiger partial charge in [-0.3, -0.25) is 4.99 Å². The predicted octanol–water partition coefficient (Wildman–Crippen LogP) is 3.79. The zero-order valence-corrected chi connectivity index (χ0v) is 10.2. The van der Waals surface area contributed by atoms with Crippen LogP contribution < -0.4 is 0 Å². The Labute approximate surface area is 110 Å². The molecule has 1 heterocycles. The number of hydrogen-bond donors (Lipinski definition) is 1. The summed E-state index contributed by atoms with van der Waals surface area (Å²) < 4.78 is 0. The second-order valence-corrected chi connectivity index (χ2v) is 4.18. The molecule has 3 nitrogen and oxygen atoms in total. The molecule has 0 fully saturated rings. The molecule has 0 aliphatic heterocycles. The van der Waals surface area contributed by atoms with Gasteiger partial charge in [0.05, 0.1) is 11.3 Å². The van der Waals surface area contributed by atoms with Gasteiger partial charge in [0.2, 0.25) is 0 Å². The van der Waals surface area contributed by atoms with E-state index in [1.54, 1.807) is 12.3 Å². The molecule has 0 atom stereocenters. The molecule has 2 aromatic carbocycles. The minimum atomic E-state index is 0.582. The Balaban J connectivity index is 2.01. The summed E-state index contributed by atoms with van der Waals surface area (Å²) in [5.41, 5.74) is 3.37. The molecule has 0 spiro atoms. The smallest absolute Gasteiger partial charge is 0.101 e. The van der Waals surface area contributed by atoms with Gasteiger partial charge in [0.15, 0.2) is 0 Å². The summed E-state index contributed by atoms with van der Waals surface area (Å²) in [5, 5.41) is 10.1. The van der Waals surface area contributed by atoms with Gasteiger partial charge in [0.1, 0.15) is 6.07 Å². The quantitative estimate of drug-likeness (QED) is 0.686. The van der Waals surface area contributed by atoms with Gasteiger partial charge < -0.3 is 4.98 Å². The molecule has 0 bridgehead atoms. The van der Waals surface area contributed by atoms with E-state index in [1.807, 2.05) is 48.7 Å². The summed E-state index contributed by atoms with van der Waals surface area (Å²) in [6, 6.07) is 17.5. The normalized spacial score (nSPS) is 10.9. The van der Waals surface area contributed by atoms with E-state index in [0.29, 0.717) is 11.3 Å². The van der Waals surface area contributed by atoms with Crippen LogP contribution in [-0.2, 0) is 0 Å². The maximum atomic E-state index is 9.02. The van der Waals surface area contributed by atoms with Gasteiger partial charge in [0.25, 0.3) is 0 Å². The fourth-order valence-corrected chi connectivity index (χ4v) is 2.02. The minimum absolute atomic E-state index is 0.582. The van der Waals surface area contributed by atoms with Crippen molar-refractivity contribution in [2.75, 3.05) is 0 Å². The topological polar surface area (TPSA) is 51.9 Å². The van der Waals surface area contributed by atoms with Crippen LogP contribution in [0.15, 0.2) is 59.7 Å². The summed E-state index contributed by atoms with van der Waals surface area (Å²) >= 11 is 0. The summed E-state index contributed by atoms with van der Waals surface area (Å²) in [6.45, 7) is 0. The number of nitriles is 1. The molecule has 0 saturated carbocycles. The Morgan fingerprint density at radius 3 is 2.74 bits per heavy atom. The molecule has 0 aliphatic carbocycles. The lowest BCUT2D eigenvalue weighted by Crippen LogP contribution is -1.79. The first-order chi connectivity index (χ1) is 9.38. The van der Waals surface area contributed by atoms with E-state index in [2.05, 4.69) is 16.0 Å². The van der Waals surface area contributed by atoms with Gasteiger partial charge in [-0.25, -0.2) is 0 Å². The molecule has 0 aliphatic rings. The maximum Gasteiger partial charge on any atom is 0.101 e. The van der Waals surface area contributed by atoms with Gasteiger partial charge in [-0.2, -0.15) is 5.26 Å². The van der Waals surface area contributed by atoms with Crippen LogP contribution in [0.2, 0.25) is 0 Å². The predicted molar refractivity (Wildman–Crippen MR) is 76.7 cm³/mol. The first-order valence-electron chi connectivity index (χ1n) is 5.98. The highest BCUT2D eigenvalue weighted by molar-refractivity contribution is 5.99. The number of aromatic amines is 1. The zero-order chi connectivity index (χ0) is 13.1. The lowest BCUT2D eigenvalue weighted by Gasteiger charge is -1.95. The van der Waals surface area contributed by atoms with E-state index >= 15 is 0 Å². The molecular formula is C16H11N3. The largest absolute Gasteiger partial charge is 0.361 e. The van der Waals surface area contributed by atoms with Crippen LogP contribution in [0.5, 0.6) is 0 Å². The number of aromatic nitrogens is 1. The van der Waals surface area contributed by atoms with Gasteiger partial charge in [0, 0.05) is 28.9 Å². The molecule has 1 N–H and O–H groups in total. The van der Waals surface area contributed by atoms with Crippen molar-refractivity contribution in [3.05, 3.63) is 65.9 Å². The Hall–Kier alpha value is -2.86. The molecule has 3 aromatic rings. The van der Waals surface area contributed by atoms with E-state index in [0.717, 1.165) is 16.5 Å². The number of hydrogen-bond acceptors (Lipinski definition) is 2. The highest BCUT2D eigenvalue weighted by Crippen LogP contribution is 2.20. The molecule has 3 heteroatoms. The van der Waals surface area contributed by atoms with Crippen LogP contribution in [0, 0.1) is 11.3 Å². The van der Waals surface area contributed by atoms with Crippen molar-refractivity contribution in [2.24, 2.45) is 4.99 Å². The van der Waals surface area contributed by atoms with E-state index < -0.39 is 0 Å². The highest BCUT2D eigenvalue weighted by atomic mass is 14.7. The Bertz CT molecular complexity index is 791. The fraction of sp³-hybridized carbons (Fsp3) is 0. The van der Waals surface area contributed by atoms with Crippen LogP contribution in [0.1, 0.15) is 11.1 Å². The average Bonchev–Trinajstić information content (AvgIpc) is 2.89. The van der Waals surface area contributed by atoms with Crippen molar-refractivity contribution in [2.45, 2.75) is 0 Å². The standard InChI is InChI=1S/C16H11N3/c17-9-12-5-1-3-7-15(12)18-10-13-11-19-16-8-4-2-6-14(13)16/h1-8,10-11,19H. The third-order valence-corrected chi connectivity index (χ3v) is 2.99. The third kappa shape index (κ3) is 2.12. The van der Waals surface area contributed by atoms with Crippen LogP contribution in [0.25, 0.3) is 10.9 Å². The highest BCUT2D eigenvalue weighted by Gasteiger charge is 2.01. The van der Waals surface area contributed by atoms with Crippen molar-refractivity contribution in [3.63, 3.8) is 0 Å². The van der Waals surface area contributed by atoms with Crippen LogP contribution in [0.3, 0.4) is 0 Å². The number of nitrogens with one attached hydrogen (secondary N) is 1. The first-order valence-corrected chi connectivity index (χ1v) is 5.98. The SMILES string of the molecule is N#Cc1ccccc1N=Cc1c[nH]c2ccccc12. The molecule has 0 radical (unpaired) electrons. The van der Waals surface area contributed by atoms with E-state index in [4.69, 9.17) is 5.26 Å². The van der Waals surface area contributed by atoms with E-state index in [-0.39, 0.29) is 0 Å². The Kier molecular flexibility index (Phi) is 2.83. The number of rotatable bonds is 2. The maximum absolute atomic E-state index is 9.02. The first kappa shape index (κ1) is 11.2. The molecule has 1 aromatic heterocycles. The second kappa shape index (κ2) is 4.79. The molecular weight excluding hydrogens is 234 g/mol. The van der Waals surface area contributed by atoms with Gasteiger partial charge in [-0.15, -0.1) is 0 Å². The number of benzene rings is 2. The van der Waals surface area contributed by atoms with Crippen LogP contribution >= 0.6 is 0 Å². The zero-order valence-electron chi connectivity index (χ0n) is 10.2. The van der Waals surface area contributed by atoms with Crippen molar-refractivity contribution in [3.8, 4) is 6.07 Å². The number of aliphatic imine (C=N–C) groups is 1. The molecule has 19 heavy (non-hydrogen) atoms. The van der Waals surface area contributed by atoms with Crippen LogP contribution in [-0.4, -0.2) is 11.2 Å². The summed E-state index contributed by atoms with van der Waals surface area (Å²) in [4.78, 5) is 7.60. The number of H-pyrrole nitrogens is 1. The Morgan fingerprint density at radius 1 is 1.05 bits per heavy atom. The molecule has 90 valence electrons. The van der Waals surface area contributed by atoms with Crippen molar-refractivity contribution in [1.29, 1.82) is 5.26 Å². The summed E-state index contributed by atoms with van der Waals surface area (Å²) in [7, 11) is 0. The van der Waals surface area contributed by atoms with E-state index in [9.17, 15) is 0 Å². The fourth-order valence-electron chi connectivity index (χ4n) is 2.02. The lowest BCUT2D eigenvalue weighted by molar-refractivity contribution is 1.44. The summed E-state index contributed by atoms with van der Waals surface area (Å²) in [6.07, 6.45) is 3.71. The number of fused-ring (bicyclic) bond motifs is 1. The van der Waals surface area contributed by atoms with Crippen molar-refractivity contribution >= 4 is 22.8 Å². The average molecular weight is 245 g/mol. The van der Waals surface area contributed by atoms with Gasteiger partial charge in [-0.1, -0.05) is 30.3 Å². The number of nitrogens with zero attached hydrogens (tertiary/aromatic N) is 2. The van der Waals surface area contributed by atoms with Crippen molar-refractivity contribution in [1.82, 2.24) is 4.98 Å². The summed E-state index contributed by atoms with van der Waals surface area (Å²) in [5.74, 6) is 0. The second-order valence-electron chi connectivity index (χ2n) is 4.18. The lowest BCUT2D eigenvalue weighted by atomic mass is 10.2. The van der Waals surface area contributed by atoms with Crippen molar-refractivity contribution < 1.29 is 0 Å². The van der Waals surface area contributed by atoms with Gasteiger partial charge in [-0.05, 0) is 18.2 Å². The molecule has 0 saturated heterocycles. The molecule has 3 rings (SSSR count). The molecule has 0 unspecified atom stereocenters.